The molecule has 2 amide bonds. The number of likely N-dealkylation sites (N-methyl/N-ethyl adjacent to an activating group) is 1. The number of anilines is 1. The van der Waals surface area contributed by atoms with Crippen LogP contribution in [0, 0.1) is 0 Å². The Bertz CT molecular complexity index is 838. The zero-order valence-electron chi connectivity index (χ0n) is 16.7. The van der Waals surface area contributed by atoms with Gasteiger partial charge in [0.25, 0.3) is 0 Å². The summed E-state index contributed by atoms with van der Waals surface area (Å²) in [6.07, 6.45) is 0.927. The Balaban J connectivity index is 1.63. The molecule has 0 spiro atoms. The minimum absolute atomic E-state index is 0.0575. The predicted octanol–water partition coefficient (Wildman–Crippen LogP) is 3.06. The van der Waals surface area contributed by atoms with Crippen molar-refractivity contribution in [2.24, 2.45) is 0 Å². The van der Waals surface area contributed by atoms with Crippen LogP contribution in [0.5, 0.6) is 17.2 Å². The van der Waals surface area contributed by atoms with Crippen LogP contribution in [0.3, 0.4) is 0 Å². The van der Waals surface area contributed by atoms with Crippen molar-refractivity contribution in [1.82, 2.24) is 10.2 Å². The molecule has 1 aliphatic heterocycles. The predicted molar refractivity (Wildman–Crippen MR) is 109 cm³/mol. The van der Waals surface area contributed by atoms with Crippen LogP contribution in [0.15, 0.2) is 36.4 Å². The number of ether oxygens (including phenoxy) is 3. The molecule has 7 nitrogen and oxygen atoms in total. The van der Waals surface area contributed by atoms with Gasteiger partial charge in [0.2, 0.25) is 0 Å². The lowest BCUT2D eigenvalue weighted by Crippen LogP contribution is -2.36. The average molecular weight is 385 g/mol. The monoisotopic (exact) mass is 385 g/mol. The van der Waals surface area contributed by atoms with E-state index >= 15 is 0 Å². The molecule has 2 N–H and O–H groups in total. The molecule has 7 heteroatoms. The first-order valence-electron chi connectivity index (χ1n) is 9.20. The summed E-state index contributed by atoms with van der Waals surface area (Å²) in [5.41, 5.74) is 3.01. The summed E-state index contributed by atoms with van der Waals surface area (Å²) >= 11 is 0. The minimum atomic E-state index is -0.274. The number of amides is 2. The number of carbonyl (C=O) groups excluding carboxylic acids is 1. The number of nitrogens with zero attached hydrogens (tertiary/aromatic N) is 1. The molecule has 0 saturated carbocycles. The van der Waals surface area contributed by atoms with E-state index in [1.165, 1.54) is 5.56 Å². The van der Waals surface area contributed by atoms with Gasteiger partial charge < -0.3 is 29.7 Å². The van der Waals surface area contributed by atoms with Crippen molar-refractivity contribution in [2.45, 2.75) is 12.5 Å². The fourth-order valence-electron chi connectivity index (χ4n) is 3.29. The lowest BCUT2D eigenvalue weighted by Gasteiger charge is -2.25. The zero-order valence-corrected chi connectivity index (χ0v) is 16.7. The van der Waals surface area contributed by atoms with E-state index in [-0.39, 0.29) is 12.1 Å². The first-order chi connectivity index (χ1) is 13.5. The molecule has 1 unspecified atom stereocenters. The van der Waals surface area contributed by atoms with Gasteiger partial charge in [-0.2, -0.15) is 0 Å². The van der Waals surface area contributed by atoms with Crippen molar-refractivity contribution in [1.29, 1.82) is 0 Å². The van der Waals surface area contributed by atoms with Crippen LogP contribution >= 0.6 is 0 Å². The lowest BCUT2D eigenvalue weighted by atomic mass is 10.0. The van der Waals surface area contributed by atoms with Gasteiger partial charge in [0.05, 0.1) is 26.9 Å². The molecule has 150 valence electrons. The fraction of sp³-hybridized carbons (Fsp3) is 0.381. The Kier molecular flexibility index (Phi) is 6.26. The van der Waals surface area contributed by atoms with E-state index in [1.54, 1.807) is 32.4 Å². The molecule has 3 rings (SSSR count). The molecule has 2 aromatic carbocycles. The number of fused-ring (bicyclic) bond motifs is 1. The van der Waals surface area contributed by atoms with Gasteiger partial charge in [0.1, 0.15) is 5.75 Å². The molecule has 0 saturated heterocycles. The molecule has 1 atom stereocenters. The second-order valence-corrected chi connectivity index (χ2v) is 6.85. The molecule has 1 heterocycles. The Morgan fingerprint density at radius 3 is 2.64 bits per heavy atom. The SMILES string of the molecule is COc1ccc(NC(=O)NCC(c2ccc3c(c2)CCO3)N(C)C)cc1OC. The van der Waals surface area contributed by atoms with Gasteiger partial charge >= 0.3 is 6.03 Å². The smallest absolute Gasteiger partial charge is 0.319 e. The maximum Gasteiger partial charge on any atom is 0.319 e. The fourth-order valence-corrected chi connectivity index (χ4v) is 3.29. The molecular formula is C21H27N3O4. The number of methoxy groups -OCH3 is 2. The number of nitrogens with one attached hydrogen (secondary N) is 2. The molecule has 0 aliphatic carbocycles. The summed E-state index contributed by atoms with van der Waals surface area (Å²) in [5.74, 6) is 2.13. The average Bonchev–Trinajstić information content (AvgIpc) is 3.15. The van der Waals surface area contributed by atoms with E-state index < -0.39 is 0 Å². The Labute approximate surface area is 165 Å². The molecular weight excluding hydrogens is 358 g/mol. The summed E-state index contributed by atoms with van der Waals surface area (Å²) < 4.78 is 16.1. The number of carbonyl (C=O) groups is 1. The highest BCUT2D eigenvalue weighted by Crippen LogP contribution is 2.30. The number of hydrogen-bond donors (Lipinski definition) is 2. The van der Waals surface area contributed by atoms with Crippen molar-refractivity contribution >= 4 is 11.7 Å². The summed E-state index contributed by atoms with van der Waals surface area (Å²) in [6, 6.07) is 11.3. The van der Waals surface area contributed by atoms with E-state index in [0.717, 1.165) is 24.3 Å². The first kappa shape index (κ1) is 19.8. The summed E-state index contributed by atoms with van der Waals surface area (Å²) in [7, 11) is 7.14. The summed E-state index contributed by atoms with van der Waals surface area (Å²) in [4.78, 5) is 14.5. The zero-order chi connectivity index (χ0) is 20.1. The van der Waals surface area contributed by atoms with Gasteiger partial charge in [0.15, 0.2) is 11.5 Å². The Morgan fingerprint density at radius 2 is 1.93 bits per heavy atom. The largest absolute Gasteiger partial charge is 0.493 e. The lowest BCUT2D eigenvalue weighted by molar-refractivity contribution is 0.243. The van der Waals surface area contributed by atoms with Crippen LogP contribution in [-0.2, 0) is 6.42 Å². The van der Waals surface area contributed by atoms with Gasteiger partial charge in [-0.3, -0.25) is 0 Å². The van der Waals surface area contributed by atoms with Crippen molar-refractivity contribution < 1.29 is 19.0 Å². The summed E-state index contributed by atoms with van der Waals surface area (Å²) in [5, 5.41) is 5.78. The number of hydrogen-bond acceptors (Lipinski definition) is 5. The van der Waals surface area contributed by atoms with Gasteiger partial charge in [-0.05, 0) is 43.4 Å². The molecule has 0 radical (unpaired) electrons. The molecule has 0 bridgehead atoms. The Morgan fingerprint density at radius 1 is 1.14 bits per heavy atom. The third-order valence-corrected chi connectivity index (χ3v) is 4.82. The van der Waals surface area contributed by atoms with Crippen LogP contribution in [0.4, 0.5) is 10.5 Å². The maximum atomic E-state index is 12.4. The van der Waals surface area contributed by atoms with E-state index in [0.29, 0.717) is 23.7 Å². The highest BCUT2D eigenvalue weighted by molar-refractivity contribution is 5.89. The van der Waals surface area contributed by atoms with Gasteiger partial charge in [-0.25, -0.2) is 4.79 Å². The van der Waals surface area contributed by atoms with E-state index in [9.17, 15) is 4.79 Å². The standard InChI is InChI=1S/C21H27N3O4/c1-24(2)17(14-5-7-18-15(11-14)9-10-28-18)13-22-21(25)23-16-6-8-19(26-3)20(12-16)27-4/h5-8,11-12,17H,9-10,13H2,1-4H3,(H2,22,23,25). The van der Waals surface area contributed by atoms with E-state index in [1.807, 2.05) is 20.2 Å². The molecule has 0 aromatic heterocycles. The van der Waals surface area contributed by atoms with Crippen LogP contribution in [0.1, 0.15) is 17.2 Å². The number of urea groups is 1. The summed E-state index contributed by atoms with van der Waals surface area (Å²) in [6.45, 7) is 1.21. The number of rotatable bonds is 7. The van der Waals surface area contributed by atoms with Crippen molar-refractivity contribution in [2.75, 3.05) is 46.8 Å². The molecule has 0 fully saturated rings. The molecule has 2 aromatic rings. The maximum absolute atomic E-state index is 12.4. The van der Waals surface area contributed by atoms with Gasteiger partial charge in [0, 0.05) is 24.7 Å². The van der Waals surface area contributed by atoms with E-state index in [4.69, 9.17) is 14.2 Å². The second kappa shape index (κ2) is 8.84. The van der Waals surface area contributed by atoms with Crippen LogP contribution in [0.2, 0.25) is 0 Å². The molecule has 1 aliphatic rings. The Hall–Kier alpha value is -2.93. The highest BCUT2D eigenvalue weighted by Gasteiger charge is 2.19. The highest BCUT2D eigenvalue weighted by atomic mass is 16.5. The molecule has 28 heavy (non-hydrogen) atoms. The van der Waals surface area contributed by atoms with Crippen molar-refractivity contribution in [3.05, 3.63) is 47.5 Å². The van der Waals surface area contributed by atoms with Crippen LogP contribution in [-0.4, -0.2) is 52.4 Å². The van der Waals surface area contributed by atoms with Crippen LogP contribution < -0.4 is 24.8 Å². The third-order valence-electron chi connectivity index (χ3n) is 4.82. The topological polar surface area (TPSA) is 72.1 Å². The normalized spacial score (nSPS) is 13.5. The van der Waals surface area contributed by atoms with E-state index in [2.05, 4.69) is 27.7 Å². The second-order valence-electron chi connectivity index (χ2n) is 6.85. The third kappa shape index (κ3) is 4.48. The quantitative estimate of drug-likeness (QED) is 0.766. The van der Waals surface area contributed by atoms with Crippen LogP contribution in [0.25, 0.3) is 0 Å². The van der Waals surface area contributed by atoms with Crippen molar-refractivity contribution in [3.63, 3.8) is 0 Å². The number of benzene rings is 2. The van der Waals surface area contributed by atoms with Gasteiger partial charge in [-0.1, -0.05) is 12.1 Å². The van der Waals surface area contributed by atoms with Gasteiger partial charge in [-0.15, -0.1) is 0 Å². The van der Waals surface area contributed by atoms with Crippen molar-refractivity contribution in [3.8, 4) is 17.2 Å². The minimum Gasteiger partial charge on any atom is -0.493 e. The first-order valence-corrected chi connectivity index (χ1v) is 9.20.